The van der Waals surface area contributed by atoms with Gasteiger partial charge in [0.2, 0.25) is 0 Å². The number of ether oxygens (including phenoxy) is 3. The molecule has 0 aliphatic rings. The molecule has 2 N–H and O–H groups in total. The maximum atomic E-state index is 11.3. The minimum atomic E-state index is -0.498. The van der Waals surface area contributed by atoms with Crippen LogP contribution in [0.5, 0.6) is 11.5 Å². The van der Waals surface area contributed by atoms with Crippen LogP contribution >= 0.6 is 15.9 Å². The van der Waals surface area contributed by atoms with Gasteiger partial charge in [-0.2, -0.15) is 0 Å². The summed E-state index contributed by atoms with van der Waals surface area (Å²) < 4.78 is 15.4. The fraction of sp³-hybridized carbons (Fsp3) is 0.462. The van der Waals surface area contributed by atoms with Crippen molar-refractivity contribution in [2.75, 3.05) is 34.0 Å². The molecule has 1 rings (SSSR count). The third kappa shape index (κ3) is 5.26. The van der Waals surface area contributed by atoms with Gasteiger partial charge < -0.3 is 24.6 Å². The predicted octanol–water partition coefficient (Wildman–Crippen LogP) is 2.08. The zero-order valence-corrected chi connectivity index (χ0v) is 13.0. The molecule has 0 unspecified atom stereocenters. The van der Waals surface area contributed by atoms with Crippen molar-refractivity contribution >= 4 is 22.0 Å². The molecule has 0 radical (unpaired) electrons. The fourth-order valence-corrected chi connectivity index (χ4v) is 1.86. The Labute approximate surface area is 126 Å². The first-order valence-electron chi connectivity index (χ1n) is 6.03. The number of benzene rings is 1. The van der Waals surface area contributed by atoms with Crippen molar-refractivity contribution < 1.29 is 24.1 Å². The van der Waals surface area contributed by atoms with Crippen molar-refractivity contribution in [2.45, 2.75) is 6.42 Å². The number of aromatic hydroxyl groups is 1. The Morgan fingerprint density at radius 2 is 2.10 bits per heavy atom. The number of phenols is 1. The van der Waals surface area contributed by atoms with Crippen molar-refractivity contribution in [1.82, 2.24) is 5.32 Å². The fourth-order valence-electron chi connectivity index (χ4n) is 1.54. The van der Waals surface area contributed by atoms with Crippen molar-refractivity contribution in [1.29, 1.82) is 0 Å². The van der Waals surface area contributed by atoms with Gasteiger partial charge in [-0.1, -0.05) is 0 Å². The minimum absolute atomic E-state index is 0.128. The molecule has 0 atom stereocenters. The number of alkyl carbamates (subject to hydrolysis) is 1. The van der Waals surface area contributed by atoms with Crippen LogP contribution in [0, 0.1) is 0 Å². The lowest BCUT2D eigenvalue weighted by molar-refractivity contribution is 0.0987. The van der Waals surface area contributed by atoms with Gasteiger partial charge in [0.1, 0.15) is 18.1 Å². The maximum Gasteiger partial charge on any atom is 0.407 e. The number of carbonyl (C=O) groups is 1. The SMILES string of the molecule is COCCOC(=O)NCCc1cc(O)c(Br)cc1OC. The topological polar surface area (TPSA) is 77.0 Å². The lowest BCUT2D eigenvalue weighted by atomic mass is 10.1. The second-order valence-corrected chi connectivity index (χ2v) is 4.78. The van der Waals surface area contributed by atoms with Gasteiger partial charge in [0.25, 0.3) is 0 Å². The summed E-state index contributed by atoms with van der Waals surface area (Å²) in [5, 5.41) is 12.3. The number of phenolic OH excluding ortho intramolecular Hbond substituents is 1. The first-order valence-corrected chi connectivity index (χ1v) is 6.82. The van der Waals surface area contributed by atoms with Gasteiger partial charge in [0.15, 0.2) is 0 Å². The summed E-state index contributed by atoms with van der Waals surface area (Å²) in [6.07, 6.45) is 0.0194. The minimum Gasteiger partial charge on any atom is -0.507 e. The van der Waals surface area contributed by atoms with Gasteiger partial charge in [0, 0.05) is 13.7 Å². The van der Waals surface area contributed by atoms with Gasteiger partial charge in [-0.3, -0.25) is 0 Å². The summed E-state index contributed by atoms with van der Waals surface area (Å²) in [6.45, 7) is 0.954. The Kier molecular flexibility index (Phi) is 7.17. The van der Waals surface area contributed by atoms with E-state index in [9.17, 15) is 9.90 Å². The number of amides is 1. The van der Waals surface area contributed by atoms with E-state index in [1.807, 2.05) is 0 Å². The van der Waals surface area contributed by atoms with Gasteiger partial charge >= 0.3 is 6.09 Å². The molecule has 0 bridgehead atoms. The molecule has 0 aliphatic heterocycles. The van der Waals surface area contributed by atoms with Crippen LogP contribution in [-0.2, 0) is 15.9 Å². The summed E-state index contributed by atoms with van der Waals surface area (Å²) in [7, 11) is 3.09. The van der Waals surface area contributed by atoms with Crippen molar-refractivity contribution in [2.24, 2.45) is 0 Å². The predicted molar refractivity (Wildman–Crippen MR) is 77.3 cm³/mol. The van der Waals surface area contributed by atoms with E-state index in [4.69, 9.17) is 14.2 Å². The number of rotatable bonds is 7. The van der Waals surface area contributed by atoms with E-state index in [1.54, 1.807) is 19.2 Å². The smallest absolute Gasteiger partial charge is 0.407 e. The van der Waals surface area contributed by atoms with Crippen LogP contribution in [0.2, 0.25) is 0 Å². The number of nitrogens with one attached hydrogen (secondary N) is 1. The molecular weight excluding hydrogens is 330 g/mol. The molecule has 1 amide bonds. The van der Waals surface area contributed by atoms with Crippen LogP contribution in [0.1, 0.15) is 5.56 Å². The maximum absolute atomic E-state index is 11.3. The van der Waals surface area contributed by atoms with Gasteiger partial charge in [0.05, 0.1) is 18.2 Å². The molecule has 0 spiro atoms. The van der Waals surface area contributed by atoms with Crippen LogP contribution < -0.4 is 10.1 Å². The van der Waals surface area contributed by atoms with E-state index in [-0.39, 0.29) is 12.4 Å². The molecule has 20 heavy (non-hydrogen) atoms. The molecule has 112 valence electrons. The highest BCUT2D eigenvalue weighted by molar-refractivity contribution is 9.10. The molecule has 6 nitrogen and oxygen atoms in total. The zero-order valence-electron chi connectivity index (χ0n) is 11.4. The Hall–Kier alpha value is -1.47. The van der Waals surface area contributed by atoms with Crippen molar-refractivity contribution in [3.8, 4) is 11.5 Å². The molecule has 0 aliphatic carbocycles. The molecule has 0 saturated carbocycles. The lowest BCUT2D eigenvalue weighted by Gasteiger charge is -2.11. The molecule has 0 fully saturated rings. The molecule has 0 saturated heterocycles. The monoisotopic (exact) mass is 347 g/mol. The molecule has 0 heterocycles. The largest absolute Gasteiger partial charge is 0.507 e. The Bertz CT molecular complexity index is 453. The number of carbonyl (C=O) groups excluding carboxylic acids is 1. The van der Waals surface area contributed by atoms with E-state index in [0.29, 0.717) is 29.8 Å². The van der Waals surface area contributed by atoms with Crippen LogP contribution in [0.25, 0.3) is 0 Å². The second-order valence-electron chi connectivity index (χ2n) is 3.92. The summed E-state index contributed by atoms with van der Waals surface area (Å²) in [4.78, 5) is 11.3. The standard InChI is InChI=1S/C13H18BrNO5/c1-18-5-6-20-13(17)15-4-3-9-7-11(16)10(14)8-12(9)19-2/h7-8,16H,3-6H2,1-2H3,(H,15,17). The zero-order chi connectivity index (χ0) is 15.0. The van der Waals surface area contributed by atoms with Crippen LogP contribution in [0.15, 0.2) is 16.6 Å². The third-order valence-corrected chi connectivity index (χ3v) is 3.17. The van der Waals surface area contributed by atoms with Crippen molar-refractivity contribution in [3.05, 3.63) is 22.2 Å². The van der Waals surface area contributed by atoms with Crippen LogP contribution in [0.4, 0.5) is 4.79 Å². The molecular formula is C13H18BrNO5. The highest BCUT2D eigenvalue weighted by Gasteiger charge is 2.09. The summed E-state index contributed by atoms with van der Waals surface area (Å²) in [5.74, 6) is 0.771. The van der Waals surface area contributed by atoms with E-state index >= 15 is 0 Å². The van der Waals surface area contributed by atoms with Gasteiger partial charge in [-0.15, -0.1) is 0 Å². The van der Waals surface area contributed by atoms with Crippen LogP contribution in [-0.4, -0.2) is 45.2 Å². The average molecular weight is 348 g/mol. The lowest BCUT2D eigenvalue weighted by Crippen LogP contribution is -2.27. The number of hydrogen-bond acceptors (Lipinski definition) is 5. The van der Waals surface area contributed by atoms with E-state index in [2.05, 4.69) is 21.2 Å². The molecule has 7 heteroatoms. The highest BCUT2D eigenvalue weighted by Crippen LogP contribution is 2.31. The number of methoxy groups -OCH3 is 2. The van der Waals surface area contributed by atoms with Crippen LogP contribution in [0.3, 0.4) is 0 Å². The number of hydrogen-bond donors (Lipinski definition) is 2. The second kappa shape index (κ2) is 8.65. The quantitative estimate of drug-likeness (QED) is 0.738. The summed E-state index contributed by atoms with van der Waals surface area (Å²) in [6, 6.07) is 3.28. The van der Waals surface area contributed by atoms with Crippen molar-refractivity contribution in [3.63, 3.8) is 0 Å². The van der Waals surface area contributed by atoms with E-state index in [0.717, 1.165) is 5.56 Å². The first kappa shape index (κ1) is 16.6. The normalized spacial score (nSPS) is 10.2. The molecule has 1 aromatic carbocycles. The third-order valence-electron chi connectivity index (χ3n) is 2.53. The first-order chi connectivity index (χ1) is 9.58. The number of halogens is 1. The Balaban J connectivity index is 2.45. The molecule has 0 aromatic heterocycles. The van der Waals surface area contributed by atoms with E-state index < -0.39 is 6.09 Å². The average Bonchev–Trinajstić information content (AvgIpc) is 2.42. The van der Waals surface area contributed by atoms with Gasteiger partial charge in [-0.05, 0) is 40.0 Å². The summed E-state index contributed by atoms with van der Waals surface area (Å²) in [5.41, 5.74) is 0.797. The highest BCUT2D eigenvalue weighted by atomic mass is 79.9. The Morgan fingerprint density at radius 3 is 2.75 bits per heavy atom. The van der Waals surface area contributed by atoms with Gasteiger partial charge in [-0.25, -0.2) is 4.79 Å². The van der Waals surface area contributed by atoms with E-state index in [1.165, 1.54) is 7.11 Å². The molecule has 1 aromatic rings. The Morgan fingerprint density at radius 1 is 1.35 bits per heavy atom. The summed E-state index contributed by atoms with van der Waals surface area (Å²) >= 11 is 3.22.